The zero-order chi connectivity index (χ0) is 16.9. The van der Waals surface area contributed by atoms with Gasteiger partial charge in [-0.15, -0.1) is 11.3 Å². The summed E-state index contributed by atoms with van der Waals surface area (Å²) in [6.45, 7) is 4.42. The summed E-state index contributed by atoms with van der Waals surface area (Å²) in [6.07, 6.45) is 2.45. The Morgan fingerprint density at radius 3 is 2.58 bits per heavy atom. The Balaban J connectivity index is 1.84. The Labute approximate surface area is 145 Å². The van der Waals surface area contributed by atoms with E-state index in [1.165, 1.54) is 11.8 Å². The zero-order valence-corrected chi connectivity index (χ0v) is 14.5. The third-order valence-electron chi connectivity index (χ3n) is 3.73. The molecule has 0 aliphatic rings. The van der Waals surface area contributed by atoms with Gasteiger partial charge in [-0.3, -0.25) is 4.79 Å². The highest BCUT2D eigenvalue weighted by atomic mass is 32.1. The Bertz CT molecular complexity index is 762. The molecule has 0 spiro atoms. The van der Waals surface area contributed by atoms with Gasteiger partial charge >= 0.3 is 0 Å². The van der Waals surface area contributed by atoms with Gasteiger partial charge in [0.15, 0.2) is 5.69 Å². The molecule has 0 saturated carbocycles. The molecule has 3 aromatic rings. The summed E-state index contributed by atoms with van der Waals surface area (Å²) in [5.74, 6) is 0.379. The van der Waals surface area contributed by atoms with Crippen molar-refractivity contribution in [1.29, 1.82) is 0 Å². The molecule has 0 aliphatic carbocycles. The Kier molecular flexibility index (Phi) is 5.11. The number of rotatable bonds is 6. The highest BCUT2D eigenvalue weighted by Crippen LogP contribution is 2.27. The average molecular weight is 340 g/mol. The van der Waals surface area contributed by atoms with Crippen molar-refractivity contribution in [3.8, 4) is 0 Å². The van der Waals surface area contributed by atoms with Crippen molar-refractivity contribution in [3.63, 3.8) is 0 Å². The predicted octanol–water partition coefficient (Wildman–Crippen LogP) is 4.45. The molecule has 3 rings (SSSR count). The van der Waals surface area contributed by atoms with Crippen molar-refractivity contribution in [2.24, 2.45) is 5.92 Å². The van der Waals surface area contributed by atoms with Crippen molar-refractivity contribution in [2.75, 3.05) is 0 Å². The molecule has 1 N–H and O–H groups in total. The number of benzene rings is 1. The van der Waals surface area contributed by atoms with Crippen LogP contribution in [0.3, 0.4) is 0 Å². The Hall–Kier alpha value is -2.40. The van der Waals surface area contributed by atoms with Crippen LogP contribution in [0.2, 0.25) is 0 Å². The summed E-state index contributed by atoms with van der Waals surface area (Å²) in [7, 11) is 0. The van der Waals surface area contributed by atoms with Crippen LogP contribution < -0.4 is 5.32 Å². The van der Waals surface area contributed by atoms with E-state index in [1.54, 1.807) is 17.4 Å². The maximum Gasteiger partial charge on any atom is 0.274 e. The van der Waals surface area contributed by atoms with Crippen LogP contribution in [0.15, 0.2) is 58.6 Å². The third-order valence-corrected chi connectivity index (χ3v) is 4.67. The Morgan fingerprint density at radius 2 is 2.00 bits per heavy atom. The molecule has 0 radical (unpaired) electrons. The predicted molar refractivity (Wildman–Crippen MR) is 95.1 cm³/mol. The van der Waals surface area contributed by atoms with Gasteiger partial charge < -0.3 is 9.84 Å². The maximum atomic E-state index is 12.4. The van der Waals surface area contributed by atoms with E-state index in [0.29, 0.717) is 5.92 Å². The van der Waals surface area contributed by atoms with E-state index in [4.69, 9.17) is 4.52 Å². The van der Waals surface area contributed by atoms with Crippen LogP contribution in [0.25, 0.3) is 0 Å². The van der Waals surface area contributed by atoms with Crippen LogP contribution in [-0.4, -0.2) is 11.1 Å². The van der Waals surface area contributed by atoms with E-state index in [9.17, 15) is 4.79 Å². The van der Waals surface area contributed by atoms with Gasteiger partial charge in [-0.2, -0.15) is 0 Å². The third kappa shape index (κ3) is 3.92. The maximum absolute atomic E-state index is 12.4. The molecule has 5 heteroatoms. The van der Waals surface area contributed by atoms with Gasteiger partial charge in [0.1, 0.15) is 6.26 Å². The van der Waals surface area contributed by atoms with Crippen LogP contribution >= 0.6 is 11.3 Å². The molecule has 0 bridgehead atoms. The summed E-state index contributed by atoms with van der Waals surface area (Å²) < 4.78 is 4.76. The fourth-order valence-corrected chi connectivity index (χ4v) is 3.43. The van der Waals surface area contributed by atoms with E-state index in [1.807, 2.05) is 17.5 Å². The fraction of sp³-hybridized carbons (Fsp3) is 0.263. The highest BCUT2D eigenvalue weighted by molar-refractivity contribution is 7.10. The van der Waals surface area contributed by atoms with Crippen molar-refractivity contribution in [3.05, 3.63) is 75.8 Å². The second kappa shape index (κ2) is 7.45. The molecule has 1 aromatic carbocycles. The quantitative estimate of drug-likeness (QED) is 0.721. The number of aromatic nitrogens is 1. The van der Waals surface area contributed by atoms with Crippen LogP contribution in [-0.2, 0) is 6.42 Å². The van der Waals surface area contributed by atoms with Gasteiger partial charge in [0.05, 0.1) is 6.04 Å². The van der Waals surface area contributed by atoms with E-state index in [0.717, 1.165) is 16.9 Å². The first kappa shape index (κ1) is 16.5. The first-order chi connectivity index (χ1) is 11.6. The van der Waals surface area contributed by atoms with Crippen molar-refractivity contribution in [2.45, 2.75) is 26.3 Å². The van der Waals surface area contributed by atoms with Gasteiger partial charge in [-0.25, -0.2) is 0 Å². The average Bonchev–Trinajstić information content (AvgIpc) is 3.26. The van der Waals surface area contributed by atoms with Crippen LogP contribution in [0, 0.1) is 5.92 Å². The number of hydrogen-bond acceptors (Lipinski definition) is 4. The normalized spacial score (nSPS) is 12.3. The molecule has 124 valence electrons. The standard InChI is InChI=1S/C19H20N2O2S/c1-13(2)12-14-5-7-15(8-6-14)18(17-4-3-11-24-17)20-19(22)16-9-10-23-21-16/h3-11,13,18H,12H2,1-2H3,(H,20,22). The molecule has 0 fully saturated rings. The first-order valence-electron chi connectivity index (χ1n) is 7.97. The summed E-state index contributed by atoms with van der Waals surface area (Å²) in [4.78, 5) is 13.5. The minimum absolute atomic E-state index is 0.192. The lowest BCUT2D eigenvalue weighted by atomic mass is 9.98. The number of amides is 1. The largest absolute Gasteiger partial charge is 0.364 e. The Morgan fingerprint density at radius 1 is 1.21 bits per heavy atom. The fourth-order valence-electron chi connectivity index (χ4n) is 2.63. The van der Waals surface area contributed by atoms with Crippen molar-refractivity contribution >= 4 is 17.2 Å². The first-order valence-corrected chi connectivity index (χ1v) is 8.85. The molecule has 2 heterocycles. The SMILES string of the molecule is CC(C)Cc1ccc(C(NC(=O)c2ccon2)c2cccs2)cc1. The van der Waals surface area contributed by atoms with E-state index in [2.05, 4.69) is 48.6 Å². The van der Waals surface area contributed by atoms with Crippen molar-refractivity contribution < 1.29 is 9.32 Å². The van der Waals surface area contributed by atoms with Crippen LogP contribution in [0.4, 0.5) is 0 Å². The van der Waals surface area contributed by atoms with Gasteiger partial charge in [0.2, 0.25) is 0 Å². The van der Waals surface area contributed by atoms with E-state index < -0.39 is 0 Å². The summed E-state index contributed by atoms with van der Waals surface area (Å²) in [6, 6.07) is 13.8. The number of carbonyl (C=O) groups is 1. The van der Waals surface area contributed by atoms with Crippen LogP contribution in [0.1, 0.15) is 46.4 Å². The second-order valence-electron chi connectivity index (χ2n) is 6.15. The highest BCUT2D eigenvalue weighted by Gasteiger charge is 2.20. The minimum Gasteiger partial charge on any atom is -0.364 e. The molecule has 1 atom stereocenters. The summed E-state index contributed by atoms with van der Waals surface area (Å²) >= 11 is 1.62. The van der Waals surface area contributed by atoms with Gasteiger partial charge in [0, 0.05) is 10.9 Å². The zero-order valence-electron chi connectivity index (χ0n) is 13.7. The van der Waals surface area contributed by atoms with Gasteiger partial charge in [-0.1, -0.05) is 49.3 Å². The lowest BCUT2D eigenvalue weighted by molar-refractivity contribution is 0.0934. The molecular weight excluding hydrogens is 320 g/mol. The second-order valence-corrected chi connectivity index (χ2v) is 7.13. The van der Waals surface area contributed by atoms with Crippen molar-refractivity contribution in [1.82, 2.24) is 10.5 Å². The smallest absolute Gasteiger partial charge is 0.274 e. The molecular formula is C19H20N2O2S. The topological polar surface area (TPSA) is 55.1 Å². The molecule has 0 aliphatic heterocycles. The number of nitrogens with zero attached hydrogens (tertiary/aromatic N) is 1. The molecule has 2 aromatic heterocycles. The van der Waals surface area contributed by atoms with E-state index >= 15 is 0 Å². The lowest BCUT2D eigenvalue weighted by Crippen LogP contribution is -2.29. The van der Waals surface area contributed by atoms with Gasteiger partial charge in [0.25, 0.3) is 5.91 Å². The summed E-state index contributed by atoms with van der Waals surface area (Å²) in [5, 5.41) is 8.77. The number of thiophene rings is 1. The van der Waals surface area contributed by atoms with E-state index in [-0.39, 0.29) is 17.6 Å². The van der Waals surface area contributed by atoms with Gasteiger partial charge in [-0.05, 0) is 34.9 Å². The van der Waals surface area contributed by atoms with Crippen LogP contribution in [0.5, 0.6) is 0 Å². The minimum atomic E-state index is -0.242. The molecule has 0 saturated heterocycles. The summed E-state index contributed by atoms with van der Waals surface area (Å²) in [5.41, 5.74) is 2.65. The number of carbonyl (C=O) groups excluding carboxylic acids is 1. The molecule has 24 heavy (non-hydrogen) atoms. The molecule has 1 amide bonds. The number of nitrogens with one attached hydrogen (secondary N) is 1. The monoisotopic (exact) mass is 340 g/mol. The number of hydrogen-bond donors (Lipinski definition) is 1. The molecule has 4 nitrogen and oxygen atoms in total. The molecule has 1 unspecified atom stereocenters. The lowest BCUT2D eigenvalue weighted by Gasteiger charge is -2.18.